The number of nitrogens with zero attached hydrogens (tertiary/aromatic N) is 1. The van der Waals surface area contributed by atoms with Gasteiger partial charge in [0.2, 0.25) is 5.89 Å². The minimum atomic E-state index is 0.0298. The Morgan fingerprint density at radius 1 is 1.04 bits per heavy atom. The molecule has 0 fully saturated rings. The Kier molecular flexibility index (Phi) is 4.61. The summed E-state index contributed by atoms with van der Waals surface area (Å²) < 4.78 is 16.3. The molecule has 1 aromatic heterocycles. The van der Waals surface area contributed by atoms with Gasteiger partial charge in [0.25, 0.3) is 0 Å². The highest BCUT2D eigenvalue weighted by Crippen LogP contribution is 2.22. The summed E-state index contributed by atoms with van der Waals surface area (Å²) in [6.07, 6.45) is 1.57. The molecule has 0 amide bonds. The van der Waals surface area contributed by atoms with Crippen LogP contribution in [0.5, 0.6) is 11.5 Å². The fourth-order valence-electron chi connectivity index (χ4n) is 2.18. The average molecular weight is 323 g/mol. The molecule has 0 N–H and O–H groups in total. The second kappa shape index (κ2) is 7.00. The van der Waals surface area contributed by atoms with Crippen molar-refractivity contribution in [2.24, 2.45) is 0 Å². The molecule has 2 aromatic carbocycles. The topological polar surface area (TPSA) is 61.6 Å². The number of Topliss-reactive ketones (excluding diaryl/α,β-unsaturated/α-hetero) is 1. The van der Waals surface area contributed by atoms with E-state index in [1.807, 2.05) is 24.3 Å². The van der Waals surface area contributed by atoms with Crippen LogP contribution in [0.1, 0.15) is 23.0 Å². The first kappa shape index (κ1) is 15.8. The molecule has 3 aromatic rings. The summed E-state index contributed by atoms with van der Waals surface area (Å²) in [6.45, 7) is 1.82. The summed E-state index contributed by atoms with van der Waals surface area (Å²) in [5.74, 6) is 2.02. The van der Waals surface area contributed by atoms with Crippen molar-refractivity contribution >= 4 is 5.78 Å². The zero-order valence-corrected chi connectivity index (χ0v) is 13.5. The normalized spacial score (nSPS) is 10.4. The molecule has 5 nitrogen and oxygen atoms in total. The third-order valence-electron chi connectivity index (χ3n) is 3.54. The summed E-state index contributed by atoms with van der Waals surface area (Å²) in [5.41, 5.74) is 2.22. The van der Waals surface area contributed by atoms with Crippen LogP contribution in [-0.2, 0) is 6.61 Å². The highest BCUT2D eigenvalue weighted by molar-refractivity contribution is 5.94. The monoisotopic (exact) mass is 323 g/mol. The first-order valence-corrected chi connectivity index (χ1v) is 7.48. The van der Waals surface area contributed by atoms with Gasteiger partial charge in [-0.15, -0.1) is 0 Å². The van der Waals surface area contributed by atoms with E-state index in [0.717, 1.165) is 11.3 Å². The minimum Gasteiger partial charge on any atom is -0.497 e. The van der Waals surface area contributed by atoms with Gasteiger partial charge < -0.3 is 13.9 Å². The van der Waals surface area contributed by atoms with Crippen molar-refractivity contribution in [3.05, 3.63) is 66.1 Å². The number of carbonyl (C=O) groups excluding carboxylic acids is 1. The lowest BCUT2D eigenvalue weighted by Crippen LogP contribution is -1.97. The Hall–Kier alpha value is -3.08. The molecule has 5 heteroatoms. The summed E-state index contributed by atoms with van der Waals surface area (Å²) in [6, 6.07) is 14.5. The van der Waals surface area contributed by atoms with E-state index in [9.17, 15) is 4.79 Å². The van der Waals surface area contributed by atoms with Crippen LogP contribution in [0, 0.1) is 0 Å². The Labute approximate surface area is 139 Å². The van der Waals surface area contributed by atoms with Crippen LogP contribution < -0.4 is 9.47 Å². The largest absolute Gasteiger partial charge is 0.497 e. The van der Waals surface area contributed by atoms with Crippen molar-refractivity contribution < 1.29 is 18.7 Å². The van der Waals surface area contributed by atoms with Gasteiger partial charge in [-0.3, -0.25) is 4.79 Å². The molecule has 0 saturated heterocycles. The molecular formula is C19H17NO4. The van der Waals surface area contributed by atoms with E-state index in [4.69, 9.17) is 13.9 Å². The molecule has 0 atom stereocenters. The summed E-state index contributed by atoms with van der Waals surface area (Å²) in [5, 5.41) is 0. The smallest absolute Gasteiger partial charge is 0.226 e. The summed E-state index contributed by atoms with van der Waals surface area (Å²) in [4.78, 5) is 15.7. The average Bonchev–Trinajstić information content (AvgIpc) is 3.09. The van der Waals surface area contributed by atoms with Crippen molar-refractivity contribution in [2.75, 3.05) is 7.11 Å². The first-order valence-electron chi connectivity index (χ1n) is 7.48. The number of hydrogen-bond donors (Lipinski definition) is 0. The molecule has 122 valence electrons. The molecule has 0 aliphatic heterocycles. The molecule has 0 radical (unpaired) electrons. The summed E-state index contributed by atoms with van der Waals surface area (Å²) >= 11 is 0. The summed E-state index contributed by atoms with van der Waals surface area (Å²) in [7, 11) is 1.62. The van der Waals surface area contributed by atoms with Gasteiger partial charge in [-0.05, 0) is 55.5 Å². The molecule has 0 aliphatic rings. The van der Waals surface area contributed by atoms with Gasteiger partial charge >= 0.3 is 0 Å². The maximum absolute atomic E-state index is 11.2. The Morgan fingerprint density at radius 2 is 1.71 bits per heavy atom. The van der Waals surface area contributed by atoms with Gasteiger partial charge in [0, 0.05) is 11.1 Å². The van der Waals surface area contributed by atoms with E-state index in [0.29, 0.717) is 29.5 Å². The number of ether oxygens (including phenoxy) is 2. The van der Waals surface area contributed by atoms with Gasteiger partial charge in [0.05, 0.1) is 7.11 Å². The maximum atomic E-state index is 11.2. The number of ketones is 1. The quantitative estimate of drug-likeness (QED) is 0.638. The minimum absolute atomic E-state index is 0.0298. The highest BCUT2D eigenvalue weighted by atomic mass is 16.5. The fraction of sp³-hybridized carbons (Fsp3) is 0.158. The van der Waals surface area contributed by atoms with Crippen LogP contribution in [0.25, 0.3) is 11.5 Å². The van der Waals surface area contributed by atoms with Crippen molar-refractivity contribution in [1.29, 1.82) is 0 Å². The van der Waals surface area contributed by atoms with E-state index in [1.165, 1.54) is 6.92 Å². The van der Waals surface area contributed by atoms with Crippen LogP contribution in [-0.4, -0.2) is 17.9 Å². The molecule has 24 heavy (non-hydrogen) atoms. The molecule has 0 saturated carbocycles. The first-order chi connectivity index (χ1) is 11.7. The van der Waals surface area contributed by atoms with E-state index in [-0.39, 0.29) is 5.78 Å². The van der Waals surface area contributed by atoms with Gasteiger partial charge in [-0.1, -0.05) is 0 Å². The van der Waals surface area contributed by atoms with E-state index in [1.54, 1.807) is 37.6 Å². The third-order valence-corrected chi connectivity index (χ3v) is 3.54. The predicted molar refractivity (Wildman–Crippen MR) is 89.3 cm³/mol. The third kappa shape index (κ3) is 3.63. The number of oxazole rings is 1. The predicted octanol–water partition coefficient (Wildman–Crippen LogP) is 4.13. The maximum Gasteiger partial charge on any atom is 0.226 e. The lowest BCUT2D eigenvalue weighted by Gasteiger charge is -2.04. The fourth-order valence-corrected chi connectivity index (χ4v) is 2.18. The second-order valence-corrected chi connectivity index (χ2v) is 5.24. The second-order valence-electron chi connectivity index (χ2n) is 5.24. The molecule has 0 spiro atoms. The number of methoxy groups -OCH3 is 1. The van der Waals surface area contributed by atoms with Gasteiger partial charge in [-0.25, -0.2) is 4.98 Å². The lowest BCUT2D eigenvalue weighted by atomic mass is 10.1. The van der Waals surface area contributed by atoms with Crippen molar-refractivity contribution in [3.63, 3.8) is 0 Å². The van der Waals surface area contributed by atoms with Crippen molar-refractivity contribution in [1.82, 2.24) is 4.98 Å². The molecule has 0 bridgehead atoms. The van der Waals surface area contributed by atoms with Gasteiger partial charge in [0.15, 0.2) is 5.78 Å². The SMILES string of the molecule is COc1ccc(-c2nc(COc3ccc(C(C)=O)cc3)co2)cc1. The molecule has 3 rings (SSSR count). The van der Waals surface area contributed by atoms with Gasteiger partial charge in [-0.2, -0.15) is 0 Å². The Bertz CT molecular complexity index is 819. The number of carbonyl (C=O) groups is 1. The zero-order valence-electron chi connectivity index (χ0n) is 13.5. The van der Waals surface area contributed by atoms with E-state index in [2.05, 4.69) is 4.98 Å². The number of rotatable bonds is 6. The standard InChI is InChI=1S/C19H17NO4/c1-13(21)14-3-9-18(10-4-14)23-11-16-12-24-19(20-16)15-5-7-17(22-2)8-6-15/h3-10,12H,11H2,1-2H3. The van der Waals surface area contributed by atoms with Crippen LogP contribution in [0.3, 0.4) is 0 Å². The van der Waals surface area contributed by atoms with Crippen LogP contribution in [0.4, 0.5) is 0 Å². The number of benzene rings is 2. The van der Waals surface area contributed by atoms with Gasteiger partial charge in [0.1, 0.15) is 30.1 Å². The van der Waals surface area contributed by atoms with Crippen LogP contribution in [0.2, 0.25) is 0 Å². The number of hydrogen-bond acceptors (Lipinski definition) is 5. The highest BCUT2D eigenvalue weighted by Gasteiger charge is 2.08. The van der Waals surface area contributed by atoms with Crippen molar-refractivity contribution in [2.45, 2.75) is 13.5 Å². The van der Waals surface area contributed by atoms with E-state index >= 15 is 0 Å². The lowest BCUT2D eigenvalue weighted by molar-refractivity contribution is 0.101. The molecule has 0 aliphatic carbocycles. The Morgan fingerprint density at radius 3 is 2.33 bits per heavy atom. The number of aromatic nitrogens is 1. The molecule has 1 heterocycles. The van der Waals surface area contributed by atoms with Crippen LogP contribution in [0.15, 0.2) is 59.2 Å². The zero-order chi connectivity index (χ0) is 16.9. The van der Waals surface area contributed by atoms with Crippen molar-refractivity contribution in [3.8, 4) is 23.0 Å². The molecule has 0 unspecified atom stereocenters. The van der Waals surface area contributed by atoms with E-state index < -0.39 is 0 Å². The van der Waals surface area contributed by atoms with Crippen LogP contribution >= 0.6 is 0 Å². The molecular weight excluding hydrogens is 306 g/mol. The Balaban J connectivity index is 1.64.